The first-order chi connectivity index (χ1) is 14.7. The number of benzene rings is 2. The Hall–Kier alpha value is -3.39. The SMILES string of the molecule is COc1cc(OC)c(C2=CCN(Cc3nnnn3-c3ccccc3)CC2)c(OC)c1. The van der Waals surface area contributed by atoms with E-state index in [2.05, 4.69) is 26.5 Å². The number of ether oxygens (including phenoxy) is 3. The highest BCUT2D eigenvalue weighted by Crippen LogP contribution is 2.40. The van der Waals surface area contributed by atoms with Crippen LogP contribution in [0.15, 0.2) is 48.5 Å². The summed E-state index contributed by atoms with van der Waals surface area (Å²) in [6, 6.07) is 13.7. The first-order valence-corrected chi connectivity index (χ1v) is 9.78. The van der Waals surface area contributed by atoms with E-state index >= 15 is 0 Å². The van der Waals surface area contributed by atoms with Crippen LogP contribution in [0, 0.1) is 0 Å². The van der Waals surface area contributed by atoms with Gasteiger partial charge in [0.25, 0.3) is 0 Å². The van der Waals surface area contributed by atoms with Gasteiger partial charge >= 0.3 is 0 Å². The van der Waals surface area contributed by atoms with Crippen molar-refractivity contribution in [2.45, 2.75) is 13.0 Å². The van der Waals surface area contributed by atoms with Crippen molar-refractivity contribution < 1.29 is 14.2 Å². The molecular formula is C22H25N5O3. The lowest BCUT2D eigenvalue weighted by Crippen LogP contribution is -2.29. The molecule has 0 unspecified atom stereocenters. The van der Waals surface area contributed by atoms with E-state index in [1.807, 2.05) is 42.5 Å². The van der Waals surface area contributed by atoms with Crippen LogP contribution >= 0.6 is 0 Å². The molecule has 1 aliphatic rings. The van der Waals surface area contributed by atoms with Crippen LogP contribution in [0.2, 0.25) is 0 Å². The van der Waals surface area contributed by atoms with Gasteiger partial charge in [0.05, 0.1) is 39.1 Å². The second-order valence-electron chi connectivity index (χ2n) is 6.96. The van der Waals surface area contributed by atoms with Crippen LogP contribution in [-0.4, -0.2) is 59.5 Å². The minimum Gasteiger partial charge on any atom is -0.496 e. The molecule has 1 aliphatic heterocycles. The molecule has 0 bridgehead atoms. The van der Waals surface area contributed by atoms with Crippen LogP contribution in [0.4, 0.5) is 0 Å². The summed E-state index contributed by atoms with van der Waals surface area (Å²) < 4.78 is 18.4. The average molecular weight is 407 g/mol. The smallest absolute Gasteiger partial charge is 0.170 e. The van der Waals surface area contributed by atoms with Gasteiger partial charge in [-0.25, -0.2) is 0 Å². The van der Waals surface area contributed by atoms with E-state index in [4.69, 9.17) is 14.2 Å². The highest BCUT2D eigenvalue weighted by atomic mass is 16.5. The Morgan fingerprint density at radius 2 is 1.70 bits per heavy atom. The van der Waals surface area contributed by atoms with E-state index in [-0.39, 0.29) is 0 Å². The van der Waals surface area contributed by atoms with E-state index in [1.165, 1.54) is 5.57 Å². The summed E-state index contributed by atoms with van der Waals surface area (Å²) in [6.07, 6.45) is 3.08. The first kappa shape index (κ1) is 19.9. The fourth-order valence-electron chi connectivity index (χ4n) is 3.68. The lowest BCUT2D eigenvalue weighted by Gasteiger charge is -2.27. The zero-order chi connectivity index (χ0) is 20.9. The molecule has 0 N–H and O–H groups in total. The van der Waals surface area contributed by atoms with Crippen LogP contribution in [-0.2, 0) is 6.54 Å². The highest BCUT2D eigenvalue weighted by Gasteiger charge is 2.22. The maximum absolute atomic E-state index is 5.62. The molecule has 0 saturated carbocycles. The van der Waals surface area contributed by atoms with Crippen LogP contribution in [0.3, 0.4) is 0 Å². The van der Waals surface area contributed by atoms with Gasteiger partial charge in [-0.05, 0) is 34.6 Å². The van der Waals surface area contributed by atoms with Crippen molar-refractivity contribution >= 4 is 5.57 Å². The van der Waals surface area contributed by atoms with Crippen molar-refractivity contribution in [2.24, 2.45) is 0 Å². The molecule has 0 atom stereocenters. The van der Waals surface area contributed by atoms with Crippen molar-refractivity contribution in [1.82, 2.24) is 25.1 Å². The maximum atomic E-state index is 5.62. The van der Waals surface area contributed by atoms with Gasteiger partial charge in [-0.15, -0.1) is 5.10 Å². The van der Waals surface area contributed by atoms with Gasteiger partial charge in [0.2, 0.25) is 0 Å². The topological polar surface area (TPSA) is 74.5 Å². The van der Waals surface area contributed by atoms with E-state index in [1.54, 1.807) is 26.0 Å². The van der Waals surface area contributed by atoms with E-state index in [9.17, 15) is 0 Å². The van der Waals surface area contributed by atoms with Crippen LogP contribution in [0.1, 0.15) is 17.8 Å². The molecular weight excluding hydrogens is 382 g/mol. The van der Waals surface area contributed by atoms with Crippen LogP contribution < -0.4 is 14.2 Å². The molecule has 0 spiro atoms. The number of hydrogen-bond donors (Lipinski definition) is 0. The van der Waals surface area contributed by atoms with E-state index in [0.717, 1.165) is 48.1 Å². The summed E-state index contributed by atoms with van der Waals surface area (Å²) in [7, 11) is 4.96. The molecule has 2 heterocycles. The minimum absolute atomic E-state index is 0.669. The van der Waals surface area contributed by atoms with Crippen molar-refractivity contribution in [3.05, 3.63) is 59.9 Å². The average Bonchev–Trinajstić information content (AvgIpc) is 3.27. The Balaban J connectivity index is 1.53. The van der Waals surface area contributed by atoms with Gasteiger partial charge in [-0.2, -0.15) is 4.68 Å². The Labute approximate surface area is 175 Å². The predicted octanol–water partition coefficient (Wildman–Crippen LogP) is 2.98. The summed E-state index contributed by atoms with van der Waals surface area (Å²) in [5.74, 6) is 3.02. The molecule has 4 rings (SSSR count). The molecule has 0 saturated heterocycles. The molecule has 0 aliphatic carbocycles. The summed E-state index contributed by atoms with van der Waals surface area (Å²) in [4.78, 5) is 2.32. The Morgan fingerprint density at radius 3 is 2.30 bits per heavy atom. The molecule has 1 aromatic heterocycles. The highest BCUT2D eigenvalue weighted by molar-refractivity contribution is 5.77. The molecule has 3 aromatic rings. The van der Waals surface area contributed by atoms with Crippen molar-refractivity contribution in [3.8, 4) is 22.9 Å². The second kappa shape index (κ2) is 8.96. The fraction of sp³-hybridized carbons (Fsp3) is 0.318. The van der Waals surface area contributed by atoms with Crippen LogP contribution in [0.25, 0.3) is 11.3 Å². The maximum Gasteiger partial charge on any atom is 0.170 e. The molecule has 8 heteroatoms. The first-order valence-electron chi connectivity index (χ1n) is 9.78. The summed E-state index contributed by atoms with van der Waals surface area (Å²) in [6.45, 7) is 2.34. The number of rotatable bonds is 7. The third-order valence-corrected chi connectivity index (χ3v) is 5.23. The molecule has 8 nitrogen and oxygen atoms in total. The van der Waals surface area contributed by atoms with Crippen molar-refractivity contribution in [3.63, 3.8) is 0 Å². The summed E-state index contributed by atoms with van der Waals surface area (Å²) in [5, 5.41) is 12.2. The monoisotopic (exact) mass is 407 g/mol. The van der Waals surface area contributed by atoms with Gasteiger partial charge in [0.15, 0.2) is 5.82 Å². The molecule has 156 valence electrons. The minimum atomic E-state index is 0.669. The van der Waals surface area contributed by atoms with Gasteiger partial charge in [-0.3, -0.25) is 4.90 Å². The molecule has 0 radical (unpaired) electrons. The van der Waals surface area contributed by atoms with Gasteiger partial charge in [0, 0.05) is 25.2 Å². The zero-order valence-corrected chi connectivity index (χ0v) is 17.4. The third kappa shape index (κ3) is 3.99. The summed E-state index contributed by atoms with van der Waals surface area (Å²) in [5.41, 5.74) is 3.14. The fourth-order valence-corrected chi connectivity index (χ4v) is 3.68. The molecule has 2 aromatic carbocycles. The standard InChI is InChI=1S/C22H25N5O3/c1-28-18-13-19(29-2)22(20(14-18)30-3)16-9-11-26(12-10-16)15-21-23-24-25-27(21)17-7-5-4-6-8-17/h4-9,13-14H,10-12,15H2,1-3H3. The molecule has 0 amide bonds. The van der Waals surface area contributed by atoms with Crippen LogP contribution in [0.5, 0.6) is 17.2 Å². The number of hydrogen-bond acceptors (Lipinski definition) is 7. The quantitative estimate of drug-likeness (QED) is 0.596. The largest absolute Gasteiger partial charge is 0.496 e. The number of methoxy groups -OCH3 is 3. The molecule has 30 heavy (non-hydrogen) atoms. The van der Waals surface area contributed by atoms with Gasteiger partial charge in [-0.1, -0.05) is 24.3 Å². The normalized spacial score (nSPS) is 14.3. The van der Waals surface area contributed by atoms with Gasteiger partial charge in [0.1, 0.15) is 17.2 Å². The lowest BCUT2D eigenvalue weighted by molar-refractivity contribution is 0.283. The van der Waals surface area contributed by atoms with Crippen molar-refractivity contribution in [1.29, 1.82) is 0 Å². The Kier molecular flexibility index (Phi) is 5.94. The number of para-hydroxylation sites is 1. The number of tetrazole rings is 1. The number of nitrogens with zero attached hydrogens (tertiary/aromatic N) is 5. The Bertz CT molecular complexity index is 1010. The zero-order valence-electron chi connectivity index (χ0n) is 17.4. The second-order valence-corrected chi connectivity index (χ2v) is 6.96. The molecule has 0 fully saturated rings. The van der Waals surface area contributed by atoms with E-state index in [0.29, 0.717) is 12.3 Å². The lowest BCUT2D eigenvalue weighted by atomic mass is 9.97. The Morgan fingerprint density at radius 1 is 0.967 bits per heavy atom. The third-order valence-electron chi connectivity index (χ3n) is 5.23. The number of aromatic nitrogens is 4. The summed E-state index contributed by atoms with van der Waals surface area (Å²) >= 11 is 0. The van der Waals surface area contributed by atoms with Crippen molar-refractivity contribution in [2.75, 3.05) is 34.4 Å². The van der Waals surface area contributed by atoms with E-state index < -0.39 is 0 Å². The predicted molar refractivity (Wildman–Crippen MR) is 113 cm³/mol. The van der Waals surface area contributed by atoms with Gasteiger partial charge < -0.3 is 14.2 Å².